The largest absolute Gasteiger partial charge is 0.546 e. The van der Waals surface area contributed by atoms with Crippen LogP contribution in [0.25, 0.3) is 0 Å². The van der Waals surface area contributed by atoms with Crippen molar-refractivity contribution in [3.63, 3.8) is 0 Å². The molecule has 0 saturated heterocycles. The molecule has 0 aliphatic carbocycles. The first-order chi connectivity index (χ1) is 7.19. The summed E-state index contributed by atoms with van der Waals surface area (Å²) < 4.78 is 9.82. The van der Waals surface area contributed by atoms with Gasteiger partial charge >= 0.3 is 0 Å². The number of para-hydroxylation sites is 1. The van der Waals surface area contributed by atoms with Gasteiger partial charge in [0.2, 0.25) is 0 Å². The van der Waals surface area contributed by atoms with Gasteiger partial charge in [0.25, 0.3) is 0 Å². The molecule has 1 aromatic carbocycles. The number of hydrogen-bond donors (Lipinski definition) is 0. The van der Waals surface area contributed by atoms with E-state index in [0.29, 0.717) is 12.0 Å². The van der Waals surface area contributed by atoms with Gasteiger partial charge in [-0.05, 0) is 12.1 Å². The van der Waals surface area contributed by atoms with E-state index in [1.54, 1.807) is 12.1 Å². The molecule has 0 unspecified atom stereocenters. The lowest BCUT2D eigenvalue weighted by Gasteiger charge is -2.12. The van der Waals surface area contributed by atoms with Gasteiger partial charge in [0, 0.05) is 0 Å². The average molecular weight is 209 g/mol. The lowest BCUT2D eigenvalue weighted by molar-refractivity contribution is -0.307. The molecule has 0 heterocycles. The standard InChI is InChI=1S/C10H10O5/c1-14-8-4-2-3-7(5-11)10(8)15-6-9(12)13/h2-5H,6H2,1H3,(H,12,13)/p-1. The summed E-state index contributed by atoms with van der Waals surface area (Å²) in [6, 6.07) is 4.67. The smallest absolute Gasteiger partial charge is 0.172 e. The first-order valence-electron chi connectivity index (χ1n) is 4.14. The maximum Gasteiger partial charge on any atom is 0.172 e. The highest BCUT2D eigenvalue weighted by atomic mass is 16.5. The maximum absolute atomic E-state index is 10.6. The molecule has 0 atom stereocenters. The second-order valence-electron chi connectivity index (χ2n) is 2.66. The number of carboxylic acids is 1. The number of ether oxygens (including phenoxy) is 2. The minimum absolute atomic E-state index is 0.110. The summed E-state index contributed by atoms with van der Waals surface area (Å²) in [5.74, 6) is -0.946. The van der Waals surface area contributed by atoms with E-state index in [9.17, 15) is 14.7 Å². The van der Waals surface area contributed by atoms with Crippen molar-refractivity contribution in [3.05, 3.63) is 23.8 Å². The van der Waals surface area contributed by atoms with Crippen molar-refractivity contribution in [2.45, 2.75) is 0 Å². The number of hydrogen-bond acceptors (Lipinski definition) is 5. The van der Waals surface area contributed by atoms with Gasteiger partial charge in [0.15, 0.2) is 17.8 Å². The van der Waals surface area contributed by atoms with Gasteiger partial charge in [-0.3, -0.25) is 4.79 Å². The van der Waals surface area contributed by atoms with E-state index in [4.69, 9.17) is 9.47 Å². The highest BCUT2D eigenvalue weighted by Gasteiger charge is 2.09. The van der Waals surface area contributed by atoms with E-state index >= 15 is 0 Å². The Kier molecular flexibility index (Phi) is 3.68. The molecule has 1 rings (SSSR count). The van der Waals surface area contributed by atoms with Crippen molar-refractivity contribution in [2.24, 2.45) is 0 Å². The molecule has 0 aromatic heterocycles. The fraction of sp³-hybridized carbons (Fsp3) is 0.200. The summed E-state index contributed by atoms with van der Waals surface area (Å²) in [4.78, 5) is 20.8. The van der Waals surface area contributed by atoms with Crippen molar-refractivity contribution in [3.8, 4) is 11.5 Å². The minimum Gasteiger partial charge on any atom is -0.546 e. The molecule has 0 N–H and O–H groups in total. The predicted octanol–water partition coefficient (Wildman–Crippen LogP) is -0.364. The van der Waals surface area contributed by atoms with Gasteiger partial charge in [0.05, 0.1) is 18.6 Å². The van der Waals surface area contributed by atoms with E-state index in [0.717, 1.165) is 0 Å². The van der Waals surface area contributed by atoms with Crippen LogP contribution in [0.15, 0.2) is 18.2 Å². The second kappa shape index (κ2) is 4.99. The van der Waals surface area contributed by atoms with Gasteiger partial charge in [-0.15, -0.1) is 0 Å². The number of aliphatic carboxylic acids is 1. The highest BCUT2D eigenvalue weighted by Crippen LogP contribution is 2.29. The number of carboxylic acid groups (broad SMARTS) is 1. The molecule has 15 heavy (non-hydrogen) atoms. The molecule has 0 aliphatic rings. The molecule has 0 fully saturated rings. The van der Waals surface area contributed by atoms with Crippen LogP contribution in [0.1, 0.15) is 10.4 Å². The number of aldehydes is 1. The maximum atomic E-state index is 10.6. The van der Waals surface area contributed by atoms with Crippen molar-refractivity contribution in [1.29, 1.82) is 0 Å². The predicted molar refractivity (Wildman–Crippen MR) is 48.9 cm³/mol. The topological polar surface area (TPSA) is 75.7 Å². The Bertz CT molecular complexity index is 372. The molecule has 0 aliphatic heterocycles. The van der Waals surface area contributed by atoms with Crippen molar-refractivity contribution in [2.75, 3.05) is 13.7 Å². The molecule has 5 heteroatoms. The normalized spacial score (nSPS) is 9.40. The highest BCUT2D eigenvalue weighted by molar-refractivity contribution is 5.81. The van der Waals surface area contributed by atoms with Crippen LogP contribution in [0.4, 0.5) is 0 Å². The number of methoxy groups -OCH3 is 1. The van der Waals surface area contributed by atoms with E-state index in [2.05, 4.69) is 0 Å². The molecular weight excluding hydrogens is 200 g/mol. The number of benzene rings is 1. The molecule has 0 amide bonds. The van der Waals surface area contributed by atoms with Crippen LogP contribution in [0.5, 0.6) is 11.5 Å². The third-order valence-corrected chi connectivity index (χ3v) is 1.69. The van der Waals surface area contributed by atoms with Gasteiger partial charge in [0.1, 0.15) is 6.61 Å². The molecule has 0 saturated carbocycles. The summed E-state index contributed by atoms with van der Waals surface area (Å²) in [5, 5.41) is 10.2. The van der Waals surface area contributed by atoms with E-state index in [1.165, 1.54) is 13.2 Å². The van der Waals surface area contributed by atoms with E-state index in [-0.39, 0.29) is 11.3 Å². The van der Waals surface area contributed by atoms with Gasteiger partial charge in [-0.1, -0.05) is 6.07 Å². The Morgan fingerprint density at radius 3 is 2.80 bits per heavy atom. The fourth-order valence-corrected chi connectivity index (χ4v) is 1.07. The zero-order chi connectivity index (χ0) is 11.3. The minimum atomic E-state index is -1.36. The van der Waals surface area contributed by atoms with Crippen LogP contribution in [0.2, 0.25) is 0 Å². The Balaban J connectivity index is 2.99. The zero-order valence-electron chi connectivity index (χ0n) is 8.06. The van der Waals surface area contributed by atoms with Crippen LogP contribution < -0.4 is 14.6 Å². The van der Waals surface area contributed by atoms with E-state index < -0.39 is 12.6 Å². The van der Waals surface area contributed by atoms with E-state index in [1.807, 2.05) is 0 Å². The molecular formula is C10H9O5-. The summed E-state index contributed by atoms with van der Waals surface area (Å²) in [6.07, 6.45) is 0.563. The van der Waals surface area contributed by atoms with Crippen LogP contribution in [-0.2, 0) is 4.79 Å². The Morgan fingerprint density at radius 1 is 1.53 bits per heavy atom. The fourth-order valence-electron chi connectivity index (χ4n) is 1.07. The number of rotatable bonds is 5. The van der Waals surface area contributed by atoms with Crippen molar-refractivity contribution >= 4 is 12.3 Å². The lowest BCUT2D eigenvalue weighted by atomic mass is 10.2. The molecule has 1 aromatic rings. The van der Waals surface area contributed by atoms with Crippen LogP contribution in [-0.4, -0.2) is 26.0 Å². The Morgan fingerprint density at radius 2 is 2.27 bits per heavy atom. The van der Waals surface area contributed by atoms with Crippen LogP contribution in [0, 0.1) is 0 Å². The summed E-state index contributed by atoms with van der Waals surface area (Å²) in [7, 11) is 1.40. The Labute approximate surface area is 86.2 Å². The van der Waals surface area contributed by atoms with Gasteiger partial charge in [-0.25, -0.2) is 0 Å². The molecule has 0 radical (unpaired) electrons. The molecule has 5 nitrogen and oxygen atoms in total. The lowest BCUT2D eigenvalue weighted by Crippen LogP contribution is -2.29. The van der Waals surface area contributed by atoms with Gasteiger partial charge < -0.3 is 19.4 Å². The molecule has 0 spiro atoms. The number of carbonyl (C=O) groups is 2. The van der Waals surface area contributed by atoms with Crippen LogP contribution >= 0.6 is 0 Å². The van der Waals surface area contributed by atoms with Crippen LogP contribution in [0.3, 0.4) is 0 Å². The molecule has 0 bridgehead atoms. The third kappa shape index (κ3) is 2.70. The monoisotopic (exact) mass is 209 g/mol. The summed E-state index contributed by atoms with van der Waals surface area (Å²) in [5.41, 5.74) is 0.232. The van der Waals surface area contributed by atoms with Gasteiger partial charge in [-0.2, -0.15) is 0 Å². The number of carbonyl (C=O) groups excluding carboxylic acids is 2. The average Bonchev–Trinajstić information content (AvgIpc) is 2.25. The summed E-state index contributed by atoms with van der Waals surface area (Å²) >= 11 is 0. The van der Waals surface area contributed by atoms with Crippen molar-refractivity contribution in [1.82, 2.24) is 0 Å². The zero-order valence-corrected chi connectivity index (χ0v) is 8.06. The quantitative estimate of drug-likeness (QED) is 0.619. The molecule has 80 valence electrons. The van der Waals surface area contributed by atoms with Crippen molar-refractivity contribution < 1.29 is 24.2 Å². The Hall–Kier alpha value is -2.04. The first-order valence-corrected chi connectivity index (χ1v) is 4.14. The SMILES string of the molecule is COc1cccc(C=O)c1OCC(=O)[O-]. The second-order valence-corrected chi connectivity index (χ2v) is 2.66. The third-order valence-electron chi connectivity index (χ3n) is 1.69. The first kappa shape index (κ1) is 11.0. The summed E-state index contributed by atoms with van der Waals surface area (Å²) in [6.45, 7) is -0.624.